The van der Waals surface area contributed by atoms with Crippen LogP contribution < -0.4 is 22.1 Å². The zero-order chi connectivity index (χ0) is 42.9. The minimum absolute atomic E-state index is 0.0350. The summed E-state index contributed by atoms with van der Waals surface area (Å²) < 4.78 is 62.9. The first-order chi connectivity index (χ1) is 25.5. The van der Waals surface area contributed by atoms with E-state index in [1.807, 2.05) is 0 Å². The third-order valence-electron chi connectivity index (χ3n) is 7.46. The summed E-state index contributed by atoms with van der Waals surface area (Å²) in [6.45, 7) is 7.39. The van der Waals surface area contributed by atoms with E-state index in [4.69, 9.17) is 40.5 Å². The van der Waals surface area contributed by atoms with Crippen LogP contribution in [0.15, 0.2) is 21.1 Å². The third kappa shape index (κ3) is 9.99. The van der Waals surface area contributed by atoms with Crippen LogP contribution >= 0.6 is 22.7 Å². The maximum absolute atomic E-state index is 12.6. The molecule has 4 atom stereocenters. The minimum atomic E-state index is -4.76. The molecule has 0 aromatic carbocycles. The fraction of sp³-hybridized carbons (Fsp3) is 0.462. The smallest absolute Gasteiger partial charge is 0.362 e. The van der Waals surface area contributed by atoms with Gasteiger partial charge in [0.2, 0.25) is 11.2 Å². The highest BCUT2D eigenvalue weighted by Gasteiger charge is 2.53. The third-order valence-corrected chi connectivity index (χ3v) is 10.8. The average Bonchev–Trinajstić information content (AvgIpc) is 3.69. The van der Waals surface area contributed by atoms with Crippen LogP contribution in [0.2, 0.25) is 0 Å². The number of hydrogen-bond donors (Lipinski definition) is 8. The van der Waals surface area contributed by atoms with Gasteiger partial charge in [-0.2, -0.15) is 16.8 Å². The van der Waals surface area contributed by atoms with Crippen molar-refractivity contribution in [1.29, 1.82) is 0 Å². The van der Waals surface area contributed by atoms with Gasteiger partial charge in [0.05, 0.1) is 12.1 Å². The highest BCUT2D eigenvalue weighted by Crippen LogP contribution is 2.25. The van der Waals surface area contributed by atoms with Gasteiger partial charge in [0.25, 0.3) is 23.6 Å². The van der Waals surface area contributed by atoms with Crippen molar-refractivity contribution in [1.82, 2.24) is 29.2 Å². The molecule has 26 nitrogen and oxygen atoms in total. The summed E-state index contributed by atoms with van der Waals surface area (Å²) >= 11 is 1.96. The first-order valence-corrected chi connectivity index (χ1v) is 19.7. The summed E-state index contributed by atoms with van der Waals surface area (Å²) in [6.07, 6.45) is 0. The molecule has 0 aliphatic carbocycles. The standard InChI is InChI=1S/2C13H17N5O8S2/c2*1-5-7(10(20)18(5)28(23,24)25)16-9(19)8(6-4-27-12(14)15-6)17-26-13(2,3)11(21)22/h2*4-5,7H,1-3H3,(H2,14,15)(H,16,19)(H,21,22)(H,23,24,25)/b2*17-8-/t2*5-,7-/m00/s1. The molecule has 0 bridgehead atoms. The topological polar surface area (TPSA) is 403 Å². The molecule has 2 aromatic rings. The molecule has 10 N–H and O–H groups in total. The summed E-state index contributed by atoms with van der Waals surface area (Å²) in [4.78, 5) is 88.8. The Morgan fingerprint density at radius 1 is 0.732 bits per heavy atom. The first kappa shape index (κ1) is 44.8. The number of rotatable bonds is 14. The number of thiazole rings is 2. The number of anilines is 2. The maximum Gasteiger partial charge on any atom is 0.362 e. The maximum atomic E-state index is 12.6. The molecule has 4 amide bonds. The molecule has 0 spiro atoms. The lowest BCUT2D eigenvalue weighted by Gasteiger charge is -2.42. The largest absolute Gasteiger partial charge is 0.478 e. The van der Waals surface area contributed by atoms with Crippen molar-refractivity contribution in [2.75, 3.05) is 11.5 Å². The fourth-order valence-corrected chi connectivity index (χ4v) is 7.09. The number of nitrogens with one attached hydrogen (secondary N) is 2. The summed E-state index contributed by atoms with van der Waals surface area (Å²) in [5.41, 5.74) is 6.51. The van der Waals surface area contributed by atoms with E-state index >= 15 is 0 Å². The van der Waals surface area contributed by atoms with Gasteiger partial charge < -0.3 is 42.0 Å². The second-order valence-corrected chi connectivity index (χ2v) is 16.8. The van der Waals surface area contributed by atoms with Gasteiger partial charge in [-0.25, -0.2) is 28.2 Å². The molecule has 2 aliphatic heterocycles. The number of aliphatic carboxylic acids is 2. The lowest BCUT2D eigenvalue weighted by molar-refractivity contribution is -0.161. The number of nitrogens with two attached hydrogens (primary N) is 2. The van der Waals surface area contributed by atoms with Gasteiger partial charge in [-0.15, -0.1) is 22.7 Å². The van der Waals surface area contributed by atoms with Crippen molar-refractivity contribution in [3.05, 3.63) is 22.1 Å². The quantitative estimate of drug-likeness (QED) is 0.0426. The van der Waals surface area contributed by atoms with Gasteiger partial charge in [-0.05, 0) is 41.5 Å². The molecule has 4 rings (SSSR count). The van der Waals surface area contributed by atoms with Crippen LogP contribution in [0.5, 0.6) is 0 Å². The predicted molar refractivity (Wildman–Crippen MR) is 191 cm³/mol. The van der Waals surface area contributed by atoms with Gasteiger partial charge in [0.15, 0.2) is 21.7 Å². The SMILES string of the molecule is C[C@H]1[C@H](NC(=O)/C(=N\OC(C)(C)C(=O)O)c2csc(N)n2)C(=O)N1S(=O)(=O)O.C[C@H]1[C@H](NC(=O)/C(=N\OC(C)(C)C(=O)O)c2csc(N)n2)C(=O)N1S(=O)(=O)O. The van der Waals surface area contributed by atoms with Crippen molar-refractivity contribution < 1.29 is 74.6 Å². The Morgan fingerprint density at radius 2 is 1.04 bits per heavy atom. The van der Waals surface area contributed by atoms with Crippen molar-refractivity contribution in [2.24, 2.45) is 10.3 Å². The Kier molecular flexibility index (Phi) is 13.0. The van der Waals surface area contributed by atoms with Crippen molar-refractivity contribution in [2.45, 2.75) is 76.9 Å². The van der Waals surface area contributed by atoms with Gasteiger partial charge in [0.1, 0.15) is 23.5 Å². The van der Waals surface area contributed by atoms with E-state index < -0.39 is 103 Å². The molecule has 56 heavy (non-hydrogen) atoms. The fourth-order valence-electron chi connectivity index (χ4n) is 4.23. The predicted octanol–water partition coefficient (Wildman–Crippen LogP) is -2.34. The number of nitrogens with zero attached hydrogens (tertiary/aromatic N) is 6. The van der Waals surface area contributed by atoms with Gasteiger partial charge in [0, 0.05) is 10.8 Å². The number of carboxylic acid groups (broad SMARTS) is 2. The molecule has 0 radical (unpaired) electrons. The van der Waals surface area contributed by atoms with Crippen molar-refractivity contribution in [3.63, 3.8) is 0 Å². The van der Waals surface area contributed by atoms with Crippen LogP contribution in [0.1, 0.15) is 52.9 Å². The monoisotopic (exact) mass is 870 g/mol. The second-order valence-electron chi connectivity index (χ2n) is 12.4. The number of nitrogen functional groups attached to an aromatic ring is 2. The van der Waals surface area contributed by atoms with E-state index in [0.717, 1.165) is 22.7 Å². The Hall–Kier alpha value is -5.56. The molecule has 30 heteroatoms. The molecular weight excluding hydrogens is 837 g/mol. The van der Waals surface area contributed by atoms with E-state index in [9.17, 15) is 45.6 Å². The number of aromatic nitrogens is 2. The van der Waals surface area contributed by atoms with E-state index in [-0.39, 0.29) is 30.3 Å². The summed E-state index contributed by atoms with van der Waals surface area (Å²) in [5, 5.41) is 32.7. The van der Waals surface area contributed by atoms with E-state index in [1.165, 1.54) is 52.3 Å². The normalized spacial score (nSPS) is 20.5. The number of β-lactam (4-membered cyclic amide) rings is 2. The Morgan fingerprint density at radius 3 is 1.25 bits per heavy atom. The molecule has 2 saturated heterocycles. The summed E-state index contributed by atoms with van der Waals surface area (Å²) in [6, 6.07) is -4.62. The van der Waals surface area contributed by atoms with Crippen LogP contribution in [0.3, 0.4) is 0 Å². The first-order valence-electron chi connectivity index (χ1n) is 15.2. The van der Waals surface area contributed by atoms with Crippen LogP contribution in [-0.4, -0.2) is 137 Å². The van der Waals surface area contributed by atoms with E-state index in [0.29, 0.717) is 0 Å². The highest BCUT2D eigenvalue weighted by molar-refractivity contribution is 7.84. The van der Waals surface area contributed by atoms with E-state index in [1.54, 1.807) is 0 Å². The number of oxime groups is 2. The van der Waals surface area contributed by atoms with Crippen LogP contribution in [0.4, 0.5) is 10.3 Å². The van der Waals surface area contributed by atoms with Gasteiger partial charge >= 0.3 is 32.5 Å². The number of amides is 4. The Bertz CT molecular complexity index is 2060. The second kappa shape index (κ2) is 16.3. The zero-order valence-electron chi connectivity index (χ0n) is 29.6. The number of carbonyl (C=O) groups excluding carboxylic acids is 4. The van der Waals surface area contributed by atoms with E-state index in [2.05, 4.69) is 30.9 Å². The van der Waals surface area contributed by atoms with Gasteiger partial charge in [-0.1, -0.05) is 10.3 Å². The molecule has 308 valence electrons. The number of carbonyl (C=O) groups is 6. The summed E-state index contributed by atoms with van der Waals surface area (Å²) in [5.74, 6) is -6.75. The molecule has 2 fully saturated rings. The number of hydrogen-bond acceptors (Lipinski definition) is 20. The Labute approximate surface area is 324 Å². The molecule has 4 heterocycles. The highest BCUT2D eigenvalue weighted by atomic mass is 32.2. The molecule has 0 unspecified atom stereocenters. The average molecular weight is 871 g/mol. The number of carboxylic acids is 2. The molecular formula is C26H34N10O16S4. The van der Waals surface area contributed by atoms with Crippen molar-refractivity contribution in [3.8, 4) is 0 Å². The summed E-state index contributed by atoms with van der Waals surface area (Å²) in [7, 11) is -9.51. The zero-order valence-corrected chi connectivity index (χ0v) is 32.9. The lowest BCUT2D eigenvalue weighted by Crippen LogP contribution is -2.71. The minimum Gasteiger partial charge on any atom is -0.478 e. The van der Waals surface area contributed by atoms with Crippen LogP contribution in [0.25, 0.3) is 0 Å². The molecule has 0 saturated carbocycles. The van der Waals surface area contributed by atoms with Crippen LogP contribution in [0, 0.1) is 0 Å². The molecule has 2 aromatic heterocycles. The van der Waals surface area contributed by atoms with Gasteiger partial charge in [-0.3, -0.25) is 28.3 Å². The molecule has 2 aliphatic rings. The Balaban J connectivity index is 0.000000300. The van der Waals surface area contributed by atoms with Crippen LogP contribution in [-0.2, 0) is 59.1 Å². The lowest BCUT2D eigenvalue weighted by atomic mass is 10.0. The van der Waals surface area contributed by atoms with Crippen molar-refractivity contribution >= 4 is 101 Å².